The Bertz CT molecular complexity index is 796. The van der Waals surface area contributed by atoms with E-state index in [2.05, 4.69) is 4.99 Å². The fourth-order valence-corrected chi connectivity index (χ4v) is 2.68. The molecule has 0 spiro atoms. The van der Waals surface area contributed by atoms with Crippen LogP contribution in [0.2, 0.25) is 5.02 Å². The summed E-state index contributed by atoms with van der Waals surface area (Å²) in [4.78, 5) is 3.86. The summed E-state index contributed by atoms with van der Waals surface area (Å²) in [5, 5.41) is 0.635. The minimum atomic E-state index is -3.19. The molecule has 0 saturated heterocycles. The highest BCUT2D eigenvalue weighted by molar-refractivity contribution is 6.30. The number of hydrogen-bond acceptors (Lipinski definition) is 4. The van der Waals surface area contributed by atoms with Crippen molar-refractivity contribution >= 4 is 17.6 Å². The van der Waals surface area contributed by atoms with Gasteiger partial charge in [0.1, 0.15) is 12.4 Å². The highest BCUT2D eigenvalue weighted by atomic mass is 35.5. The smallest absolute Gasteiger partial charge is 0.310 e. The molecule has 0 unspecified atom stereocenters. The Morgan fingerprint density at radius 1 is 1.24 bits per heavy atom. The standard InChI is InChI=1S/C18H17ClF2N2O2/c1-17(18(20,21)11-25-16(22)23-17)13-3-2-4-15(9-13)24-10-12-5-7-14(19)8-6-12/h2-9H,10-11H2,1H3,(H2,22,23)/t17-/m1/s1. The van der Waals surface area contributed by atoms with Gasteiger partial charge in [-0.25, -0.2) is 4.99 Å². The van der Waals surface area contributed by atoms with Gasteiger partial charge in [-0.1, -0.05) is 35.9 Å². The van der Waals surface area contributed by atoms with Gasteiger partial charge in [-0.15, -0.1) is 0 Å². The minimum absolute atomic E-state index is 0.249. The number of benzene rings is 2. The second kappa shape index (κ2) is 6.52. The van der Waals surface area contributed by atoms with Gasteiger partial charge in [0.25, 0.3) is 6.02 Å². The van der Waals surface area contributed by atoms with E-state index in [1.165, 1.54) is 6.92 Å². The van der Waals surface area contributed by atoms with Crippen LogP contribution in [-0.4, -0.2) is 18.6 Å². The normalized spacial score (nSPS) is 22.0. The molecule has 2 N–H and O–H groups in total. The summed E-state index contributed by atoms with van der Waals surface area (Å²) >= 11 is 5.84. The molecule has 2 aromatic carbocycles. The number of hydrogen-bond donors (Lipinski definition) is 1. The molecule has 7 heteroatoms. The van der Waals surface area contributed by atoms with Gasteiger partial charge in [0.15, 0.2) is 12.1 Å². The average Bonchev–Trinajstić information content (AvgIpc) is 2.59. The molecule has 1 aliphatic heterocycles. The van der Waals surface area contributed by atoms with E-state index in [0.717, 1.165) is 5.56 Å². The maximum absolute atomic E-state index is 14.4. The quantitative estimate of drug-likeness (QED) is 0.885. The Balaban J connectivity index is 1.83. The summed E-state index contributed by atoms with van der Waals surface area (Å²) in [6, 6.07) is 13.4. The van der Waals surface area contributed by atoms with Gasteiger partial charge in [-0.2, -0.15) is 8.78 Å². The third-order valence-corrected chi connectivity index (χ3v) is 4.41. The number of nitrogens with zero attached hydrogens (tertiary/aromatic N) is 1. The van der Waals surface area contributed by atoms with Crippen molar-refractivity contribution in [2.45, 2.75) is 25.0 Å². The molecule has 1 atom stereocenters. The number of ether oxygens (including phenoxy) is 2. The van der Waals surface area contributed by atoms with Gasteiger partial charge in [-0.3, -0.25) is 0 Å². The number of alkyl halides is 2. The van der Waals surface area contributed by atoms with E-state index < -0.39 is 18.1 Å². The lowest BCUT2D eigenvalue weighted by Gasteiger charge is -2.37. The Morgan fingerprint density at radius 3 is 2.68 bits per heavy atom. The maximum atomic E-state index is 14.4. The second-order valence-corrected chi connectivity index (χ2v) is 6.39. The first-order chi connectivity index (χ1) is 11.8. The molecule has 3 rings (SSSR count). The Labute approximate surface area is 149 Å². The highest BCUT2D eigenvalue weighted by Gasteiger charge is 2.55. The van der Waals surface area contributed by atoms with Gasteiger partial charge in [-0.05, 0) is 42.3 Å². The lowest BCUT2D eigenvalue weighted by Crippen LogP contribution is -2.50. The van der Waals surface area contributed by atoms with Crippen molar-refractivity contribution in [3.63, 3.8) is 0 Å². The van der Waals surface area contributed by atoms with E-state index in [0.29, 0.717) is 22.9 Å². The van der Waals surface area contributed by atoms with Crippen LogP contribution in [0, 0.1) is 0 Å². The van der Waals surface area contributed by atoms with Crippen molar-refractivity contribution < 1.29 is 18.3 Å². The minimum Gasteiger partial charge on any atom is -0.489 e. The SMILES string of the molecule is C[C@]1(c2cccc(OCc3ccc(Cl)cc3)c2)N=C(N)OCC1(F)F. The summed E-state index contributed by atoms with van der Waals surface area (Å²) < 4.78 is 39.2. The van der Waals surface area contributed by atoms with Crippen molar-refractivity contribution in [1.29, 1.82) is 0 Å². The average molecular weight is 367 g/mol. The first kappa shape index (κ1) is 17.5. The summed E-state index contributed by atoms with van der Waals surface area (Å²) in [5.74, 6) is -2.73. The van der Waals surface area contributed by atoms with Crippen LogP contribution in [0.15, 0.2) is 53.5 Å². The maximum Gasteiger partial charge on any atom is 0.310 e. The molecule has 25 heavy (non-hydrogen) atoms. The molecule has 0 aromatic heterocycles. The monoisotopic (exact) mass is 366 g/mol. The largest absolute Gasteiger partial charge is 0.489 e. The Hall–Kier alpha value is -2.34. The zero-order chi connectivity index (χ0) is 18.1. The Kier molecular flexibility index (Phi) is 4.56. The molecular formula is C18H17ClF2N2O2. The molecular weight excluding hydrogens is 350 g/mol. The number of halogens is 3. The van der Waals surface area contributed by atoms with E-state index >= 15 is 0 Å². The van der Waals surface area contributed by atoms with Gasteiger partial charge in [0.2, 0.25) is 0 Å². The van der Waals surface area contributed by atoms with E-state index in [1.54, 1.807) is 36.4 Å². The van der Waals surface area contributed by atoms with Crippen LogP contribution in [0.5, 0.6) is 5.75 Å². The summed E-state index contributed by atoms with van der Waals surface area (Å²) in [6.45, 7) is 0.817. The fraction of sp³-hybridized carbons (Fsp3) is 0.278. The zero-order valence-electron chi connectivity index (χ0n) is 13.5. The van der Waals surface area contributed by atoms with E-state index in [1.807, 2.05) is 12.1 Å². The summed E-state index contributed by atoms with van der Waals surface area (Å²) in [7, 11) is 0. The van der Waals surface area contributed by atoms with Crippen molar-refractivity contribution in [3.8, 4) is 5.75 Å². The van der Waals surface area contributed by atoms with Crippen LogP contribution in [0.25, 0.3) is 0 Å². The van der Waals surface area contributed by atoms with Crippen LogP contribution in [0.1, 0.15) is 18.1 Å². The third kappa shape index (κ3) is 3.54. The third-order valence-electron chi connectivity index (χ3n) is 4.16. The van der Waals surface area contributed by atoms with Gasteiger partial charge < -0.3 is 15.2 Å². The van der Waals surface area contributed by atoms with Crippen LogP contribution < -0.4 is 10.5 Å². The molecule has 1 heterocycles. The van der Waals surface area contributed by atoms with Crippen molar-refractivity contribution in [1.82, 2.24) is 0 Å². The summed E-state index contributed by atoms with van der Waals surface area (Å²) in [5.41, 5.74) is 4.92. The molecule has 0 fully saturated rings. The highest BCUT2D eigenvalue weighted by Crippen LogP contribution is 2.44. The number of rotatable bonds is 4. The van der Waals surface area contributed by atoms with Gasteiger partial charge >= 0.3 is 5.92 Å². The van der Waals surface area contributed by atoms with Crippen LogP contribution in [-0.2, 0) is 16.9 Å². The van der Waals surface area contributed by atoms with Crippen molar-refractivity contribution in [3.05, 3.63) is 64.7 Å². The lowest BCUT2D eigenvalue weighted by molar-refractivity contribution is -0.116. The molecule has 132 valence electrons. The van der Waals surface area contributed by atoms with Crippen LogP contribution in [0.3, 0.4) is 0 Å². The lowest BCUT2D eigenvalue weighted by atomic mass is 9.85. The van der Waals surface area contributed by atoms with Crippen LogP contribution >= 0.6 is 11.6 Å². The van der Waals surface area contributed by atoms with Crippen molar-refractivity contribution in [2.24, 2.45) is 10.7 Å². The van der Waals surface area contributed by atoms with Crippen LogP contribution in [0.4, 0.5) is 8.78 Å². The molecule has 4 nitrogen and oxygen atoms in total. The molecule has 0 saturated carbocycles. The zero-order valence-corrected chi connectivity index (χ0v) is 14.3. The molecule has 1 aliphatic rings. The van der Waals surface area contributed by atoms with Gasteiger partial charge in [0, 0.05) is 5.02 Å². The number of amidine groups is 1. The molecule has 0 aliphatic carbocycles. The fourth-order valence-electron chi connectivity index (χ4n) is 2.55. The van der Waals surface area contributed by atoms with E-state index in [9.17, 15) is 8.78 Å². The molecule has 0 amide bonds. The van der Waals surface area contributed by atoms with Gasteiger partial charge in [0.05, 0.1) is 0 Å². The molecule has 0 bridgehead atoms. The summed E-state index contributed by atoms with van der Waals surface area (Å²) in [6.07, 6.45) is 0. The van der Waals surface area contributed by atoms with Crippen molar-refractivity contribution in [2.75, 3.05) is 6.61 Å². The first-order valence-corrected chi connectivity index (χ1v) is 8.02. The topological polar surface area (TPSA) is 56.8 Å². The predicted octanol–water partition coefficient (Wildman–Crippen LogP) is 4.11. The Morgan fingerprint density at radius 2 is 1.96 bits per heavy atom. The molecule has 0 radical (unpaired) electrons. The number of aliphatic imine (C=N–C) groups is 1. The number of nitrogens with two attached hydrogens (primary N) is 1. The predicted molar refractivity (Wildman–Crippen MR) is 92.1 cm³/mol. The first-order valence-electron chi connectivity index (χ1n) is 7.64. The second-order valence-electron chi connectivity index (χ2n) is 5.96. The van der Waals surface area contributed by atoms with E-state index in [4.69, 9.17) is 26.8 Å². The molecule has 2 aromatic rings. The van der Waals surface area contributed by atoms with E-state index in [-0.39, 0.29) is 6.02 Å².